The molecule has 0 saturated carbocycles. The Bertz CT molecular complexity index is 1250. The van der Waals surface area contributed by atoms with Crippen molar-refractivity contribution in [3.63, 3.8) is 0 Å². The summed E-state index contributed by atoms with van der Waals surface area (Å²) in [5.74, 6) is 0.887. The van der Waals surface area contributed by atoms with E-state index >= 15 is 0 Å². The molecule has 0 saturated heterocycles. The SMILES string of the molecule is CN(C)C=Nc1ncc(Br)cc1Cl.Clc1cc(Br)cn2ncnc12.Nc1ncc(Br)cc1Cl. The number of fused-ring (bicyclic) bond motifs is 1. The van der Waals surface area contributed by atoms with Crippen molar-refractivity contribution in [2.24, 2.45) is 4.99 Å². The van der Waals surface area contributed by atoms with E-state index in [0.717, 1.165) is 13.4 Å². The molecule has 33 heavy (non-hydrogen) atoms. The monoisotopic (exact) mass is 698 g/mol. The van der Waals surface area contributed by atoms with E-state index in [1.54, 1.807) is 47.6 Å². The predicted molar refractivity (Wildman–Crippen MR) is 146 cm³/mol. The van der Waals surface area contributed by atoms with Gasteiger partial charge in [-0.1, -0.05) is 34.8 Å². The number of aromatic nitrogens is 5. The third-order valence-corrected chi connectivity index (χ3v) is 5.49. The van der Waals surface area contributed by atoms with Crippen molar-refractivity contribution in [2.45, 2.75) is 0 Å². The summed E-state index contributed by atoms with van der Waals surface area (Å²) in [6.07, 6.45) is 8.18. The maximum Gasteiger partial charge on any atom is 0.173 e. The van der Waals surface area contributed by atoms with E-state index in [1.807, 2.05) is 19.0 Å². The highest BCUT2D eigenvalue weighted by atomic mass is 79.9. The first-order valence-corrected chi connectivity index (χ1v) is 12.3. The van der Waals surface area contributed by atoms with Gasteiger partial charge in [-0.2, -0.15) is 5.10 Å². The van der Waals surface area contributed by atoms with E-state index in [-0.39, 0.29) is 0 Å². The molecule has 174 valence electrons. The number of nitrogen functional groups attached to an aromatic ring is 1. The number of halogens is 6. The number of anilines is 1. The Morgan fingerprint density at radius 2 is 1.52 bits per heavy atom. The van der Waals surface area contributed by atoms with Crippen molar-refractivity contribution in [3.8, 4) is 0 Å². The largest absolute Gasteiger partial charge is 0.382 e. The van der Waals surface area contributed by atoms with Crippen LogP contribution in [0.4, 0.5) is 11.6 Å². The molecule has 0 fully saturated rings. The fraction of sp³-hybridized carbons (Fsp3) is 0.105. The lowest BCUT2D eigenvalue weighted by Crippen LogP contribution is -2.07. The highest BCUT2D eigenvalue weighted by molar-refractivity contribution is 9.11. The molecule has 0 aromatic carbocycles. The van der Waals surface area contributed by atoms with Crippen LogP contribution in [0, 0.1) is 0 Å². The quantitative estimate of drug-likeness (QED) is 0.180. The molecule has 4 aromatic heterocycles. The number of hydrogen-bond acceptors (Lipinski definition) is 6. The molecular formula is C19H16Br3Cl3N8. The fourth-order valence-electron chi connectivity index (χ4n) is 1.95. The highest BCUT2D eigenvalue weighted by Crippen LogP contribution is 2.24. The molecule has 0 unspecified atom stereocenters. The molecule has 0 aliphatic carbocycles. The number of nitrogens with zero attached hydrogens (tertiary/aromatic N) is 7. The van der Waals surface area contributed by atoms with Gasteiger partial charge in [0.1, 0.15) is 12.1 Å². The Balaban J connectivity index is 0.000000178. The molecule has 0 spiro atoms. The van der Waals surface area contributed by atoms with Gasteiger partial charge in [-0.25, -0.2) is 24.5 Å². The van der Waals surface area contributed by atoms with Crippen LogP contribution in [0.2, 0.25) is 15.1 Å². The minimum atomic E-state index is 0.361. The van der Waals surface area contributed by atoms with Gasteiger partial charge in [-0.15, -0.1) is 0 Å². The number of rotatable bonds is 2. The maximum atomic E-state index is 5.89. The summed E-state index contributed by atoms with van der Waals surface area (Å²) in [7, 11) is 3.77. The van der Waals surface area contributed by atoms with Crippen LogP contribution in [0.5, 0.6) is 0 Å². The zero-order valence-corrected chi connectivity index (χ0v) is 24.1. The van der Waals surface area contributed by atoms with E-state index in [0.29, 0.717) is 32.4 Å². The van der Waals surface area contributed by atoms with Crippen LogP contribution in [-0.2, 0) is 0 Å². The van der Waals surface area contributed by atoms with E-state index in [2.05, 4.69) is 72.8 Å². The van der Waals surface area contributed by atoms with Crippen molar-refractivity contribution >= 4 is 106 Å². The normalized spacial score (nSPS) is 10.4. The molecule has 0 radical (unpaired) electrons. The second-order valence-corrected chi connectivity index (χ2v) is 10.2. The first-order chi connectivity index (χ1) is 15.6. The van der Waals surface area contributed by atoms with E-state index in [4.69, 9.17) is 40.5 Å². The standard InChI is InChI=1S/C8H9BrClN3.C6H3BrClN3.C5H4BrClN2/c1-13(2)5-12-8-7(10)3-6(9)4-11-8;7-4-1-5(8)6-9-3-10-11(6)2-4;6-3-1-4(7)5(8)9-2-3/h3-5H,1-2H3;1-3H;1-2H,(H2,8,9). The van der Waals surface area contributed by atoms with Crippen molar-refractivity contribution in [1.82, 2.24) is 29.5 Å². The minimum Gasteiger partial charge on any atom is -0.382 e. The summed E-state index contributed by atoms with van der Waals surface area (Å²) >= 11 is 27.1. The maximum absolute atomic E-state index is 5.89. The van der Waals surface area contributed by atoms with Crippen LogP contribution < -0.4 is 5.73 Å². The Labute approximate surface area is 230 Å². The molecule has 4 heterocycles. The van der Waals surface area contributed by atoms with E-state index in [1.165, 1.54) is 6.33 Å². The van der Waals surface area contributed by atoms with Gasteiger partial charge in [0.05, 0.1) is 21.4 Å². The van der Waals surface area contributed by atoms with Gasteiger partial charge in [-0.3, -0.25) is 0 Å². The van der Waals surface area contributed by atoms with E-state index < -0.39 is 0 Å². The third-order valence-electron chi connectivity index (χ3n) is 3.33. The average molecular weight is 702 g/mol. The molecule has 0 aliphatic rings. The first-order valence-electron chi connectivity index (χ1n) is 8.79. The smallest absolute Gasteiger partial charge is 0.173 e. The Hall–Kier alpha value is -1.50. The summed E-state index contributed by atoms with van der Waals surface area (Å²) < 4.78 is 4.19. The van der Waals surface area contributed by atoms with Gasteiger partial charge in [0, 0.05) is 46.1 Å². The lowest BCUT2D eigenvalue weighted by atomic mass is 10.5. The summed E-state index contributed by atoms with van der Waals surface area (Å²) in [6, 6.07) is 5.24. The molecule has 0 aliphatic heterocycles. The summed E-state index contributed by atoms with van der Waals surface area (Å²) in [5, 5.41) is 5.54. The van der Waals surface area contributed by atoms with Gasteiger partial charge in [-0.05, 0) is 66.0 Å². The zero-order chi connectivity index (χ0) is 24.5. The Morgan fingerprint density at radius 1 is 0.909 bits per heavy atom. The lowest BCUT2D eigenvalue weighted by Gasteiger charge is -2.02. The van der Waals surface area contributed by atoms with Crippen LogP contribution in [0.25, 0.3) is 5.65 Å². The fourth-order valence-corrected chi connectivity index (χ4v) is 4.07. The van der Waals surface area contributed by atoms with Gasteiger partial charge in [0.2, 0.25) is 0 Å². The number of hydrogen-bond donors (Lipinski definition) is 1. The molecule has 0 amide bonds. The lowest BCUT2D eigenvalue weighted by molar-refractivity contribution is 0.643. The predicted octanol–water partition coefficient (Wildman–Crippen LogP) is 6.94. The first kappa shape index (κ1) is 27.7. The molecule has 0 bridgehead atoms. The van der Waals surface area contributed by atoms with E-state index in [9.17, 15) is 0 Å². The Morgan fingerprint density at radius 3 is 2.09 bits per heavy atom. The van der Waals surface area contributed by atoms with Crippen LogP contribution in [0.15, 0.2) is 61.5 Å². The third kappa shape index (κ3) is 9.34. The molecule has 4 rings (SSSR count). The van der Waals surface area contributed by atoms with Crippen molar-refractivity contribution < 1.29 is 0 Å². The second kappa shape index (κ2) is 13.4. The van der Waals surface area contributed by atoms with Gasteiger partial charge in [0.15, 0.2) is 11.5 Å². The van der Waals surface area contributed by atoms with Crippen molar-refractivity contribution in [2.75, 3.05) is 19.8 Å². The van der Waals surface area contributed by atoms with Crippen molar-refractivity contribution in [3.05, 3.63) is 71.6 Å². The van der Waals surface area contributed by atoms with Gasteiger partial charge < -0.3 is 10.6 Å². The van der Waals surface area contributed by atoms with Gasteiger partial charge in [0.25, 0.3) is 0 Å². The van der Waals surface area contributed by atoms with Crippen LogP contribution in [0.3, 0.4) is 0 Å². The van der Waals surface area contributed by atoms with Crippen molar-refractivity contribution in [1.29, 1.82) is 0 Å². The molecule has 2 N–H and O–H groups in total. The molecule has 14 heteroatoms. The molecule has 0 atom stereocenters. The summed E-state index contributed by atoms with van der Waals surface area (Å²) in [6.45, 7) is 0. The topological polar surface area (TPSA) is 97.6 Å². The number of nitrogens with two attached hydrogens (primary N) is 1. The highest BCUT2D eigenvalue weighted by Gasteiger charge is 2.01. The molecule has 4 aromatic rings. The summed E-state index contributed by atoms with van der Waals surface area (Å²) in [5.41, 5.74) is 6.00. The molecule has 8 nitrogen and oxygen atoms in total. The second-order valence-electron chi connectivity index (χ2n) is 6.22. The number of pyridine rings is 3. The van der Waals surface area contributed by atoms with Crippen LogP contribution in [0.1, 0.15) is 0 Å². The number of aliphatic imine (C=N–C) groups is 1. The van der Waals surface area contributed by atoms with Crippen LogP contribution in [-0.4, -0.2) is 49.9 Å². The molecular weight excluding hydrogens is 686 g/mol. The average Bonchev–Trinajstić information content (AvgIpc) is 3.20. The summed E-state index contributed by atoms with van der Waals surface area (Å²) in [4.78, 5) is 17.7. The Kier molecular flexibility index (Phi) is 11.3. The minimum absolute atomic E-state index is 0.361. The van der Waals surface area contributed by atoms with Crippen LogP contribution >= 0.6 is 82.6 Å². The zero-order valence-electron chi connectivity index (χ0n) is 17.1. The van der Waals surface area contributed by atoms with Gasteiger partial charge >= 0.3 is 0 Å².